The van der Waals surface area contributed by atoms with Crippen molar-refractivity contribution in [3.63, 3.8) is 0 Å². The molecule has 0 N–H and O–H groups in total. The van der Waals surface area contributed by atoms with Crippen molar-refractivity contribution in [3.05, 3.63) is 53.2 Å². The fraction of sp³-hybridized carbons (Fsp3) is 0.567. The van der Waals surface area contributed by atoms with E-state index in [1.54, 1.807) is 32.9 Å². The maximum Gasteiger partial charge on any atom is 0.308 e. The molecule has 8 nitrogen and oxygen atoms in total. The number of rotatable bonds is 8. The molecular formula is C30H41FN2O6S. The molecular weight excluding hydrogens is 535 g/mol. The quantitative estimate of drug-likeness (QED) is 0.344. The van der Waals surface area contributed by atoms with E-state index in [0.717, 1.165) is 6.26 Å². The van der Waals surface area contributed by atoms with Gasteiger partial charge in [0.05, 0.1) is 30.0 Å². The number of esters is 1. The van der Waals surface area contributed by atoms with Gasteiger partial charge in [-0.05, 0) is 71.7 Å². The van der Waals surface area contributed by atoms with Crippen LogP contribution < -0.4 is 0 Å². The van der Waals surface area contributed by atoms with Crippen molar-refractivity contribution < 1.29 is 31.8 Å². The van der Waals surface area contributed by atoms with Crippen LogP contribution in [0.4, 0.5) is 4.39 Å². The van der Waals surface area contributed by atoms with E-state index in [2.05, 4.69) is 9.97 Å². The summed E-state index contributed by atoms with van der Waals surface area (Å²) in [4.78, 5) is 21.8. The van der Waals surface area contributed by atoms with Crippen LogP contribution in [-0.4, -0.2) is 54.2 Å². The average molecular weight is 577 g/mol. The smallest absolute Gasteiger partial charge is 0.308 e. The Morgan fingerprint density at radius 2 is 1.77 bits per heavy atom. The summed E-state index contributed by atoms with van der Waals surface area (Å²) in [6.45, 7) is 14.5. The molecule has 0 aliphatic carbocycles. The summed E-state index contributed by atoms with van der Waals surface area (Å²) in [6.07, 6.45) is 4.60. The van der Waals surface area contributed by atoms with Crippen LogP contribution in [0, 0.1) is 5.82 Å². The number of nitrogens with zero attached hydrogens (tertiary/aromatic N) is 2. The van der Waals surface area contributed by atoms with Crippen LogP contribution in [0.15, 0.2) is 30.3 Å². The maximum atomic E-state index is 13.8. The molecule has 2 heterocycles. The highest BCUT2D eigenvalue weighted by atomic mass is 32.2. The van der Waals surface area contributed by atoms with E-state index in [4.69, 9.17) is 14.2 Å². The maximum absolute atomic E-state index is 13.8. The first-order chi connectivity index (χ1) is 18.3. The van der Waals surface area contributed by atoms with Gasteiger partial charge < -0.3 is 14.2 Å². The summed E-state index contributed by atoms with van der Waals surface area (Å²) in [6, 6.07) is 5.90. The molecule has 2 aromatic rings. The molecule has 40 heavy (non-hydrogen) atoms. The number of ether oxygens (including phenoxy) is 3. The zero-order chi connectivity index (χ0) is 30.0. The van der Waals surface area contributed by atoms with Crippen LogP contribution in [0.25, 0.3) is 17.3 Å². The van der Waals surface area contributed by atoms with Crippen molar-refractivity contribution >= 4 is 21.9 Å². The van der Waals surface area contributed by atoms with Gasteiger partial charge in [0.25, 0.3) is 0 Å². The van der Waals surface area contributed by atoms with Crippen molar-refractivity contribution in [1.82, 2.24) is 9.97 Å². The molecule has 220 valence electrons. The van der Waals surface area contributed by atoms with Crippen LogP contribution in [0.1, 0.15) is 96.5 Å². The Hall–Kier alpha value is -2.69. The number of carbonyl (C=O) groups excluding carboxylic acids is 1. The molecule has 3 unspecified atom stereocenters. The lowest BCUT2D eigenvalue weighted by molar-refractivity contribution is -0.290. The molecule has 3 rings (SSSR count). The predicted molar refractivity (Wildman–Crippen MR) is 153 cm³/mol. The van der Waals surface area contributed by atoms with Crippen molar-refractivity contribution in [3.8, 4) is 11.3 Å². The van der Waals surface area contributed by atoms with Gasteiger partial charge in [-0.15, -0.1) is 0 Å². The number of sulfone groups is 1. The van der Waals surface area contributed by atoms with Crippen LogP contribution in [-0.2, 0) is 28.8 Å². The van der Waals surface area contributed by atoms with Crippen LogP contribution in [0.2, 0.25) is 0 Å². The normalized spacial score (nSPS) is 20.6. The fourth-order valence-electron chi connectivity index (χ4n) is 4.47. The molecule has 3 atom stereocenters. The summed E-state index contributed by atoms with van der Waals surface area (Å²) in [5.41, 5.74) is 1.87. The van der Waals surface area contributed by atoms with Gasteiger partial charge >= 0.3 is 5.97 Å². The van der Waals surface area contributed by atoms with Gasteiger partial charge in [-0.1, -0.05) is 26.0 Å². The van der Waals surface area contributed by atoms with E-state index < -0.39 is 44.5 Å². The number of aromatic nitrogens is 2. The fourth-order valence-corrected chi connectivity index (χ4v) is 4.96. The SMILES string of the molecule is CC(C)c1nc(C(C)S(C)(=O)=O)nc(-c2ccc(F)cc2)c1C=CC1CC(CC(=O)OC(C)(C)C)OC(C)(C)O1. The molecule has 0 spiro atoms. The van der Waals surface area contributed by atoms with Crippen molar-refractivity contribution in [2.75, 3.05) is 6.26 Å². The molecule has 0 amide bonds. The van der Waals surface area contributed by atoms with Crippen LogP contribution >= 0.6 is 0 Å². The second kappa shape index (κ2) is 12.0. The van der Waals surface area contributed by atoms with Gasteiger partial charge in [0.2, 0.25) is 0 Å². The Kier molecular flexibility index (Phi) is 9.58. The third-order valence-electron chi connectivity index (χ3n) is 6.34. The van der Waals surface area contributed by atoms with Crippen molar-refractivity contribution in [1.29, 1.82) is 0 Å². The summed E-state index contributed by atoms with van der Waals surface area (Å²) in [7, 11) is -3.46. The van der Waals surface area contributed by atoms with Gasteiger partial charge in [0.1, 0.15) is 22.5 Å². The van der Waals surface area contributed by atoms with E-state index in [9.17, 15) is 17.6 Å². The lowest BCUT2D eigenvalue weighted by Crippen LogP contribution is -2.45. The number of halogens is 1. The van der Waals surface area contributed by atoms with Gasteiger partial charge in [-0.3, -0.25) is 4.79 Å². The topological polar surface area (TPSA) is 105 Å². The van der Waals surface area contributed by atoms with E-state index in [1.807, 2.05) is 46.8 Å². The molecule has 0 saturated carbocycles. The van der Waals surface area contributed by atoms with Crippen molar-refractivity contribution in [2.24, 2.45) is 0 Å². The van der Waals surface area contributed by atoms with Crippen molar-refractivity contribution in [2.45, 2.75) is 103 Å². The largest absolute Gasteiger partial charge is 0.460 e. The first-order valence-corrected chi connectivity index (χ1v) is 15.4. The molecule has 1 saturated heterocycles. The zero-order valence-corrected chi connectivity index (χ0v) is 25.6. The van der Waals surface area contributed by atoms with Gasteiger partial charge in [0, 0.05) is 23.8 Å². The predicted octanol–water partition coefficient (Wildman–Crippen LogP) is 6.17. The minimum Gasteiger partial charge on any atom is -0.460 e. The molecule has 1 fully saturated rings. The van der Waals surface area contributed by atoms with Crippen LogP contribution in [0.3, 0.4) is 0 Å². The summed E-state index contributed by atoms with van der Waals surface area (Å²) in [5, 5.41) is -0.921. The Balaban J connectivity index is 2.04. The van der Waals surface area contributed by atoms with Gasteiger partial charge in [-0.25, -0.2) is 22.8 Å². The molecule has 0 bridgehead atoms. The number of hydrogen-bond donors (Lipinski definition) is 0. The first kappa shape index (κ1) is 31.8. The highest BCUT2D eigenvalue weighted by Gasteiger charge is 2.36. The highest BCUT2D eigenvalue weighted by molar-refractivity contribution is 7.90. The Bertz CT molecular complexity index is 1350. The molecule has 10 heteroatoms. The second-order valence-electron chi connectivity index (χ2n) is 12.0. The number of hydrogen-bond acceptors (Lipinski definition) is 8. The van der Waals surface area contributed by atoms with Gasteiger partial charge in [0.15, 0.2) is 15.6 Å². The molecule has 1 aliphatic rings. The Labute approximate surface area is 237 Å². The highest BCUT2D eigenvalue weighted by Crippen LogP contribution is 2.34. The molecule has 1 aromatic heterocycles. The lowest BCUT2D eigenvalue weighted by Gasteiger charge is -2.39. The Morgan fingerprint density at radius 1 is 1.15 bits per heavy atom. The monoisotopic (exact) mass is 576 g/mol. The summed E-state index contributed by atoms with van der Waals surface area (Å²) in [5.74, 6) is -1.56. The summed E-state index contributed by atoms with van der Waals surface area (Å²) >= 11 is 0. The van der Waals surface area contributed by atoms with E-state index in [0.29, 0.717) is 28.9 Å². The Morgan fingerprint density at radius 3 is 2.33 bits per heavy atom. The van der Waals surface area contributed by atoms with Crippen LogP contribution in [0.5, 0.6) is 0 Å². The minimum atomic E-state index is -3.46. The molecule has 1 aliphatic heterocycles. The van der Waals surface area contributed by atoms with E-state index in [1.165, 1.54) is 12.1 Å². The third-order valence-corrected chi connectivity index (χ3v) is 7.83. The zero-order valence-electron chi connectivity index (χ0n) is 24.8. The first-order valence-electron chi connectivity index (χ1n) is 13.5. The van der Waals surface area contributed by atoms with E-state index >= 15 is 0 Å². The third kappa shape index (κ3) is 8.65. The lowest BCUT2D eigenvalue weighted by atomic mass is 9.96. The number of carbonyl (C=O) groups is 1. The second-order valence-corrected chi connectivity index (χ2v) is 14.4. The minimum absolute atomic E-state index is 0.0701. The summed E-state index contributed by atoms with van der Waals surface area (Å²) < 4.78 is 56.1. The number of benzene rings is 1. The molecule has 1 aromatic carbocycles. The average Bonchev–Trinajstić information content (AvgIpc) is 2.79. The standard InChI is InChI=1S/C30H41FN2O6S/c1-18(2)26-24(15-14-22-16-23(38-30(7,8)37-22)17-25(34)39-29(4,5)6)27(20-10-12-21(31)13-11-20)33-28(32-26)19(3)40(9,35)36/h10-15,18-19,22-23H,16-17H2,1-9H3. The molecule has 0 radical (unpaired) electrons. The van der Waals surface area contributed by atoms with E-state index in [-0.39, 0.29) is 24.1 Å². The van der Waals surface area contributed by atoms with Gasteiger partial charge in [-0.2, -0.15) is 0 Å².